The highest BCUT2D eigenvalue weighted by Crippen LogP contribution is 2.44. The molecular formula is C23H16N2O3S. The average Bonchev–Trinajstić information content (AvgIpc) is 3.29. The van der Waals surface area contributed by atoms with Crippen LogP contribution in [0.15, 0.2) is 54.6 Å². The topological polar surface area (TPSA) is 59.8 Å². The summed E-state index contributed by atoms with van der Waals surface area (Å²) in [4.78, 5) is 27.2. The van der Waals surface area contributed by atoms with Gasteiger partial charge in [0.1, 0.15) is 16.7 Å². The smallest absolute Gasteiger partial charge is 0.286 e. The molecule has 2 atom stereocenters. The third kappa shape index (κ3) is 3.04. The standard InChI is InChI=1S/C23H16N2O3S/c1-24-19-10-11-20(17-5-3-2-4-16(17)19)28-14-7-9-15-13(12-14)6-8-18(15)21-22(26)25-23(27)29-21/h2-5,7,9-12,18,21H,6,8H2,(H,25,26,27)/t18-,21?/m1/s1. The molecule has 29 heavy (non-hydrogen) atoms. The molecule has 0 saturated carbocycles. The maximum Gasteiger partial charge on any atom is 0.286 e. The molecule has 1 aliphatic carbocycles. The third-order valence-corrected chi connectivity index (χ3v) is 6.64. The number of amides is 2. The molecular weight excluding hydrogens is 384 g/mol. The highest BCUT2D eigenvalue weighted by Gasteiger charge is 2.41. The highest BCUT2D eigenvalue weighted by molar-refractivity contribution is 8.15. The predicted octanol–water partition coefficient (Wildman–Crippen LogP) is 5.56. The van der Waals surface area contributed by atoms with E-state index >= 15 is 0 Å². The highest BCUT2D eigenvalue weighted by atomic mass is 32.2. The first-order valence-electron chi connectivity index (χ1n) is 9.35. The Morgan fingerprint density at radius 1 is 1.07 bits per heavy atom. The Bertz CT molecular complexity index is 1210. The Hall–Kier alpha value is -3.30. The number of nitrogens with one attached hydrogen (secondary N) is 1. The number of carbonyl (C=O) groups is 2. The fourth-order valence-electron chi connectivity index (χ4n) is 4.21. The molecule has 0 aromatic heterocycles. The minimum Gasteiger partial charge on any atom is -0.457 e. The fourth-order valence-corrected chi connectivity index (χ4v) is 5.21. The Balaban J connectivity index is 1.45. The molecule has 1 heterocycles. The SMILES string of the molecule is [C-]#[N+]c1ccc(Oc2ccc3c(c2)CC[C@H]3C2SC(=O)NC2=O)c2ccccc12. The van der Waals surface area contributed by atoms with Crippen LogP contribution in [0.3, 0.4) is 0 Å². The molecule has 3 aromatic carbocycles. The van der Waals surface area contributed by atoms with Gasteiger partial charge in [-0.05, 0) is 47.6 Å². The number of hydrogen-bond acceptors (Lipinski definition) is 4. The van der Waals surface area contributed by atoms with Gasteiger partial charge in [0.25, 0.3) is 5.24 Å². The van der Waals surface area contributed by atoms with Crippen molar-refractivity contribution in [2.24, 2.45) is 0 Å². The lowest BCUT2D eigenvalue weighted by Crippen LogP contribution is -2.27. The van der Waals surface area contributed by atoms with Crippen molar-refractivity contribution < 1.29 is 14.3 Å². The lowest BCUT2D eigenvalue weighted by molar-refractivity contribution is -0.119. The van der Waals surface area contributed by atoms with Gasteiger partial charge in [0.05, 0.1) is 6.57 Å². The zero-order chi connectivity index (χ0) is 20.0. The number of benzene rings is 3. The van der Waals surface area contributed by atoms with E-state index in [1.165, 1.54) is 0 Å². The first kappa shape index (κ1) is 17.8. The third-order valence-electron chi connectivity index (χ3n) is 5.53. The maximum atomic E-state index is 12.1. The van der Waals surface area contributed by atoms with E-state index in [1.807, 2.05) is 48.5 Å². The normalized spacial score (nSPS) is 20.4. The van der Waals surface area contributed by atoms with Gasteiger partial charge >= 0.3 is 0 Å². The number of carbonyl (C=O) groups excluding carboxylic acids is 2. The Kier molecular flexibility index (Phi) is 4.26. The van der Waals surface area contributed by atoms with Crippen LogP contribution in [0.5, 0.6) is 11.5 Å². The van der Waals surface area contributed by atoms with Gasteiger partial charge in [0, 0.05) is 11.3 Å². The number of rotatable bonds is 3. The summed E-state index contributed by atoms with van der Waals surface area (Å²) < 4.78 is 6.17. The summed E-state index contributed by atoms with van der Waals surface area (Å²) in [5, 5.41) is 3.55. The van der Waals surface area contributed by atoms with Crippen LogP contribution in [0, 0.1) is 6.57 Å². The number of thioether (sulfide) groups is 1. The lowest BCUT2D eigenvalue weighted by atomic mass is 9.97. The van der Waals surface area contributed by atoms with Gasteiger partial charge in [-0.2, -0.15) is 0 Å². The summed E-state index contributed by atoms with van der Waals surface area (Å²) in [6.07, 6.45) is 1.70. The molecule has 5 rings (SSSR count). The van der Waals surface area contributed by atoms with Crippen molar-refractivity contribution in [2.45, 2.75) is 24.0 Å². The zero-order valence-corrected chi connectivity index (χ0v) is 16.2. The van der Waals surface area contributed by atoms with E-state index in [4.69, 9.17) is 11.3 Å². The van der Waals surface area contributed by atoms with Gasteiger partial charge in [0.2, 0.25) is 5.91 Å². The largest absolute Gasteiger partial charge is 0.457 e. The van der Waals surface area contributed by atoms with Crippen LogP contribution < -0.4 is 10.1 Å². The number of aryl methyl sites for hydroxylation is 1. The van der Waals surface area contributed by atoms with Crippen molar-refractivity contribution in [2.75, 3.05) is 0 Å². The van der Waals surface area contributed by atoms with Crippen molar-refractivity contribution in [1.82, 2.24) is 5.32 Å². The van der Waals surface area contributed by atoms with Crippen LogP contribution in [0.4, 0.5) is 10.5 Å². The molecule has 1 aliphatic heterocycles. The van der Waals surface area contributed by atoms with Crippen LogP contribution in [-0.2, 0) is 11.2 Å². The van der Waals surface area contributed by atoms with Gasteiger partial charge < -0.3 is 4.74 Å². The molecule has 1 unspecified atom stereocenters. The van der Waals surface area contributed by atoms with Crippen LogP contribution in [-0.4, -0.2) is 16.4 Å². The number of hydrogen-bond donors (Lipinski definition) is 1. The molecule has 6 heteroatoms. The summed E-state index contributed by atoms with van der Waals surface area (Å²) in [6, 6.07) is 17.3. The van der Waals surface area contributed by atoms with Crippen LogP contribution in [0.1, 0.15) is 23.5 Å². The van der Waals surface area contributed by atoms with E-state index in [9.17, 15) is 9.59 Å². The van der Waals surface area contributed by atoms with E-state index in [2.05, 4.69) is 10.2 Å². The van der Waals surface area contributed by atoms with E-state index in [1.54, 1.807) is 6.07 Å². The second kappa shape index (κ2) is 6.94. The molecule has 1 fully saturated rings. The number of imide groups is 1. The maximum absolute atomic E-state index is 12.1. The number of nitrogens with zero attached hydrogens (tertiary/aromatic N) is 1. The molecule has 2 aliphatic rings. The van der Waals surface area contributed by atoms with Crippen molar-refractivity contribution in [3.8, 4) is 11.5 Å². The van der Waals surface area contributed by atoms with Gasteiger partial charge in [-0.15, -0.1) is 0 Å². The number of ether oxygens (including phenoxy) is 1. The van der Waals surface area contributed by atoms with Crippen molar-refractivity contribution >= 4 is 39.4 Å². The minimum absolute atomic E-state index is 0.0503. The lowest BCUT2D eigenvalue weighted by Gasteiger charge is -2.16. The zero-order valence-electron chi connectivity index (χ0n) is 15.3. The van der Waals surface area contributed by atoms with E-state index in [0.29, 0.717) is 11.4 Å². The molecule has 0 bridgehead atoms. The Labute approximate surface area is 171 Å². The number of fused-ring (bicyclic) bond motifs is 2. The average molecular weight is 400 g/mol. The van der Waals surface area contributed by atoms with Crippen LogP contribution in [0.2, 0.25) is 0 Å². The molecule has 0 radical (unpaired) electrons. The van der Waals surface area contributed by atoms with Crippen molar-refractivity contribution in [1.29, 1.82) is 0 Å². The summed E-state index contributed by atoms with van der Waals surface area (Å²) in [5.74, 6) is 1.29. The van der Waals surface area contributed by atoms with Crippen molar-refractivity contribution in [3.05, 3.63) is 77.1 Å². The van der Waals surface area contributed by atoms with E-state index in [-0.39, 0.29) is 22.3 Å². The molecule has 1 N–H and O–H groups in total. The minimum atomic E-state index is -0.347. The Morgan fingerprint density at radius 3 is 2.66 bits per heavy atom. The second-order valence-corrected chi connectivity index (χ2v) is 8.28. The molecule has 0 spiro atoms. The first-order chi connectivity index (χ1) is 14.1. The summed E-state index contributed by atoms with van der Waals surface area (Å²) >= 11 is 1.09. The summed E-state index contributed by atoms with van der Waals surface area (Å²) in [6.45, 7) is 7.35. The first-order valence-corrected chi connectivity index (χ1v) is 10.2. The molecule has 2 amide bonds. The van der Waals surface area contributed by atoms with E-state index in [0.717, 1.165) is 52.3 Å². The van der Waals surface area contributed by atoms with Crippen molar-refractivity contribution in [3.63, 3.8) is 0 Å². The molecule has 142 valence electrons. The second-order valence-electron chi connectivity index (χ2n) is 7.16. The quantitative estimate of drug-likeness (QED) is 0.585. The van der Waals surface area contributed by atoms with Gasteiger partial charge in [-0.25, -0.2) is 4.85 Å². The van der Waals surface area contributed by atoms with Gasteiger partial charge in [0.15, 0.2) is 5.69 Å². The van der Waals surface area contributed by atoms with E-state index < -0.39 is 0 Å². The van der Waals surface area contributed by atoms with Gasteiger partial charge in [-0.1, -0.05) is 48.2 Å². The van der Waals surface area contributed by atoms with Crippen LogP contribution in [0.25, 0.3) is 15.6 Å². The molecule has 5 nitrogen and oxygen atoms in total. The molecule has 3 aromatic rings. The monoisotopic (exact) mass is 400 g/mol. The summed E-state index contributed by atoms with van der Waals surface area (Å²) in [7, 11) is 0. The predicted molar refractivity (Wildman–Crippen MR) is 113 cm³/mol. The van der Waals surface area contributed by atoms with Gasteiger partial charge in [-0.3, -0.25) is 14.9 Å². The Morgan fingerprint density at radius 2 is 1.90 bits per heavy atom. The van der Waals surface area contributed by atoms with Crippen LogP contribution >= 0.6 is 11.8 Å². The molecule has 1 saturated heterocycles. The fraction of sp³-hybridized carbons (Fsp3) is 0.174. The summed E-state index contributed by atoms with van der Waals surface area (Å²) in [5.41, 5.74) is 2.88.